The van der Waals surface area contributed by atoms with Crippen LogP contribution in [0.4, 0.5) is 5.95 Å². The van der Waals surface area contributed by atoms with Crippen LogP contribution in [0.3, 0.4) is 0 Å². The smallest absolute Gasteiger partial charge is 0.332 e. The van der Waals surface area contributed by atoms with Gasteiger partial charge in [0.15, 0.2) is 11.2 Å². The van der Waals surface area contributed by atoms with E-state index in [0.29, 0.717) is 17.7 Å². The summed E-state index contributed by atoms with van der Waals surface area (Å²) in [5, 5.41) is 3.34. The topological polar surface area (TPSA) is 77.1 Å². The highest BCUT2D eigenvalue weighted by atomic mass is 16.2. The predicted molar refractivity (Wildman–Crippen MR) is 106 cm³/mol. The Morgan fingerprint density at radius 3 is 2.56 bits per heavy atom. The average molecular weight is 368 g/mol. The van der Waals surface area contributed by atoms with E-state index in [4.69, 9.17) is 4.98 Å². The van der Waals surface area contributed by atoms with Crippen molar-refractivity contribution >= 4 is 17.1 Å². The fourth-order valence-corrected chi connectivity index (χ4v) is 3.68. The molecular formula is C19H24N6O2. The summed E-state index contributed by atoms with van der Waals surface area (Å²) in [5.41, 5.74) is 2.50. The third-order valence-corrected chi connectivity index (χ3v) is 5.15. The van der Waals surface area contributed by atoms with Crippen molar-refractivity contribution in [2.75, 3.05) is 31.1 Å². The Bertz CT molecular complexity index is 1120. The Kier molecular flexibility index (Phi) is 4.35. The minimum atomic E-state index is -0.362. The van der Waals surface area contributed by atoms with Crippen LogP contribution in [0.15, 0.2) is 33.9 Å². The molecule has 4 rings (SSSR count). The minimum Gasteiger partial charge on any atom is -0.340 e. The lowest BCUT2D eigenvalue weighted by Gasteiger charge is -2.28. The van der Waals surface area contributed by atoms with Crippen molar-refractivity contribution in [3.05, 3.63) is 56.2 Å². The normalized spacial score (nSPS) is 14.9. The van der Waals surface area contributed by atoms with Crippen molar-refractivity contribution in [2.24, 2.45) is 14.1 Å². The molecule has 0 saturated carbocycles. The first-order chi connectivity index (χ1) is 13.0. The minimum absolute atomic E-state index is 0.311. The second kappa shape index (κ2) is 6.70. The zero-order valence-corrected chi connectivity index (χ0v) is 15.9. The maximum Gasteiger partial charge on any atom is 0.332 e. The van der Waals surface area contributed by atoms with Gasteiger partial charge < -0.3 is 10.2 Å². The van der Waals surface area contributed by atoms with Crippen LogP contribution in [-0.4, -0.2) is 44.9 Å². The van der Waals surface area contributed by atoms with E-state index in [2.05, 4.69) is 29.3 Å². The van der Waals surface area contributed by atoms with Gasteiger partial charge in [0.05, 0.1) is 6.54 Å². The van der Waals surface area contributed by atoms with Crippen LogP contribution in [-0.2, 0) is 20.6 Å². The van der Waals surface area contributed by atoms with E-state index in [9.17, 15) is 9.59 Å². The summed E-state index contributed by atoms with van der Waals surface area (Å²) in [5.74, 6) is 0.742. The third kappa shape index (κ3) is 2.95. The Hall–Kier alpha value is -2.87. The molecule has 1 N–H and O–H groups in total. The SMILES string of the molecule is Cc1cccc(Cn2c(N3CCNCC3)nc3c2c(=O)n(C)c(=O)n3C)c1. The summed E-state index contributed by atoms with van der Waals surface area (Å²) in [6.07, 6.45) is 0. The molecule has 3 heterocycles. The largest absolute Gasteiger partial charge is 0.340 e. The number of hydrogen-bond acceptors (Lipinski definition) is 5. The molecule has 142 valence electrons. The number of hydrogen-bond donors (Lipinski definition) is 1. The summed E-state index contributed by atoms with van der Waals surface area (Å²) in [6.45, 7) is 5.94. The van der Waals surface area contributed by atoms with Crippen molar-refractivity contribution in [2.45, 2.75) is 13.5 Å². The molecule has 1 aromatic carbocycles. The first-order valence-corrected chi connectivity index (χ1v) is 9.15. The van der Waals surface area contributed by atoms with E-state index in [1.54, 1.807) is 7.05 Å². The number of nitrogens with zero attached hydrogens (tertiary/aromatic N) is 5. The first-order valence-electron chi connectivity index (χ1n) is 9.15. The summed E-state index contributed by atoms with van der Waals surface area (Å²) in [6, 6.07) is 8.23. The maximum atomic E-state index is 12.9. The van der Waals surface area contributed by atoms with Crippen LogP contribution in [0.5, 0.6) is 0 Å². The molecule has 1 saturated heterocycles. The molecule has 0 aliphatic carbocycles. The third-order valence-electron chi connectivity index (χ3n) is 5.15. The van der Waals surface area contributed by atoms with Gasteiger partial charge in [0.1, 0.15) is 0 Å². The molecule has 8 heteroatoms. The molecule has 0 radical (unpaired) electrons. The molecule has 0 bridgehead atoms. The van der Waals surface area contributed by atoms with Gasteiger partial charge in [0.2, 0.25) is 5.95 Å². The Balaban J connectivity index is 1.97. The van der Waals surface area contributed by atoms with Crippen molar-refractivity contribution in [3.8, 4) is 0 Å². The summed E-state index contributed by atoms with van der Waals surface area (Å²) >= 11 is 0. The van der Waals surface area contributed by atoms with Crippen LogP contribution in [0.1, 0.15) is 11.1 Å². The zero-order valence-electron chi connectivity index (χ0n) is 15.9. The van der Waals surface area contributed by atoms with E-state index < -0.39 is 0 Å². The van der Waals surface area contributed by atoms with Crippen LogP contribution < -0.4 is 21.5 Å². The number of piperazine rings is 1. The molecule has 0 unspecified atom stereocenters. The number of anilines is 1. The number of imidazole rings is 1. The quantitative estimate of drug-likeness (QED) is 0.715. The van der Waals surface area contributed by atoms with Crippen molar-refractivity contribution in [3.63, 3.8) is 0 Å². The number of fused-ring (bicyclic) bond motifs is 1. The van der Waals surface area contributed by atoms with E-state index in [0.717, 1.165) is 42.3 Å². The van der Waals surface area contributed by atoms with Gasteiger partial charge in [-0.05, 0) is 12.5 Å². The predicted octanol–water partition coefficient (Wildman–Crippen LogP) is 0.200. The molecule has 0 spiro atoms. The maximum absolute atomic E-state index is 12.9. The van der Waals surface area contributed by atoms with Gasteiger partial charge in [-0.2, -0.15) is 4.98 Å². The highest BCUT2D eigenvalue weighted by Crippen LogP contribution is 2.22. The summed E-state index contributed by atoms with van der Waals surface area (Å²) in [4.78, 5) is 32.2. The number of benzene rings is 1. The molecular weight excluding hydrogens is 344 g/mol. The second-order valence-electron chi connectivity index (χ2n) is 7.10. The standard InChI is InChI=1S/C19H24N6O2/c1-13-5-4-6-14(11-13)12-25-15-16(22(2)19(27)23(3)17(15)26)21-18(25)24-9-7-20-8-10-24/h4-6,11,20H,7-10,12H2,1-3H3. The highest BCUT2D eigenvalue weighted by molar-refractivity contribution is 5.74. The van der Waals surface area contributed by atoms with Gasteiger partial charge in [0, 0.05) is 40.3 Å². The molecule has 1 aliphatic heterocycles. The van der Waals surface area contributed by atoms with Crippen LogP contribution >= 0.6 is 0 Å². The molecule has 1 aliphatic rings. The van der Waals surface area contributed by atoms with E-state index in [1.165, 1.54) is 17.2 Å². The molecule has 27 heavy (non-hydrogen) atoms. The fraction of sp³-hybridized carbons (Fsp3) is 0.421. The Morgan fingerprint density at radius 2 is 1.85 bits per heavy atom. The van der Waals surface area contributed by atoms with Gasteiger partial charge in [-0.15, -0.1) is 0 Å². The monoisotopic (exact) mass is 368 g/mol. The number of aryl methyl sites for hydroxylation is 2. The lowest BCUT2D eigenvalue weighted by Crippen LogP contribution is -2.44. The van der Waals surface area contributed by atoms with E-state index in [-0.39, 0.29) is 11.2 Å². The molecule has 0 amide bonds. The Labute approximate surface area is 156 Å². The molecule has 1 fully saturated rings. The van der Waals surface area contributed by atoms with Crippen LogP contribution in [0, 0.1) is 6.92 Å². The van der Waals surface area contributed by atoms with Gasteiger partial charge in [-0.25, -0.2) is 4.79 Å². The number of nitrogens with one attached hydrogen (secondary N) is 1. The molecule has 0 atom stereocenters. The molecule has 3 aromatic rings. The lowest BCUT2D eigenvalue weighted by molar-refractivity contribution is 0.571. The van der Waals surface area contributed by atoms with Crippen molar-refractivity contribution < 1.29 is 0 Å². The number of aromatic nitrogens is 4. The van der Waals surface area contributed by atoms with Crippen LogP contribution in [0.25, 0.3) is 11.2 Å². The average Bonchev–Trinajstić information content (AvgIpc) is 3.05. The van der Waals surface area contributed by atoms with E-state index in [1.807, 2.05) is 16.7 Å². The van der Waals surface area contributed by atoms with Gasteiger partial charge >= 0.3 is 5.69 Å². The lowest BCUT2D eigenvalue weighted by atomic mass is 10.1. The van der Waals surface area contributed by atoms with Gasteiger partial charge in [-0.3, -0.25) is 18.5 Å². The van der Waals surface area contributed by atoms with Crippen LogP contribution in [0.2, 0.25) is 0 Å². The fourth-order valence-electron chi connectivity index (χ4n) is 3.68. The van der Waals surface area contributed by atoms with Crippen molar-refractivity contribution in [1.82, 2.24) is 24.0 Å². The summed E-state index contributed by atoms with van der Waals surface area (Å²) in [7, 11) is 3.17. The van der Waals surface area contributed by atoms with Crippen molar-refractivity contribution in [1.29, 1.82) is 0 Å². The van der Waals surface area contributed by atoms with Gasteiger partial charge in [-0.1, -0.05) is 29.8 Å². The Morgan fingerprint density at radius 1 is 1.11 bits per heavy atom. The summed E-state index contributed by atoms with van der Waals surface area (Å²) < 4.78 is 4.56. The zero-order chi connectivity index (χ0) is 19.1. The molecule has 8 nitrogen and oxygen atoms in total. The molecule has 2 aromatic heterocycles. The highest BCUT2D eigenvalue weighted by Gasteiger charge is 2.23. The number of rotatable bonds is 3. The second-order valence-corrected chi connectivity index (χ2v) is 7.10. The first kappa shape index (κ1) is 17.5. The van der Waals surface area contributed by atoms with Gasteiger partial charge in [0.25, 0.3) is 5.56 Å². The van der Waals surface area contributed by atoms with E-state index >= 15 is 0 Å².